The minimum Gasteiger partial charge on any atom is -0.387 e. The third-order valence-corrected chi connectivity index (χ3v) is 11.4. The summed E-state index contributed by atoms with van der Waals surface area (Å²) in [5, 5.41) is 20.4. The Kier molecular flexibility index (Phi) is 7.56. The van der Waals surface area contributed by atoms with Crippen molar-refractivity contribution in [2.75, 3.05) is 32.5 Å². The number of nitrogens with one attached hydrogen (secondary N) is 1. The molecule has 172 valence electrons. The van der Waals surface area contributed by atoms with Gasteiger partial charge in [-0.15, -0.1) is 0 Å². The molecule has 0 saturated carbocycles. The molecular weight excluding hydrogens is 465 g/mol. The van der Waals surface area contributed by atoms with Gasteiger partial charge in [0.25, 0.3) is 5.56 Å². The quantitative estimate of drug-likeness (QED) is 0.361. The van der Waals surface area contributed by atoms with E-state index < -0.39 is 70.6 Å². The molecule has 1 aliphatic heterocycles. The van der Waals surface area contributed by atoms with Crippen molar-refractivity contribution in [2.24, 2.45) is 0 Å². The van der Waals surface area contributed by atoms with E-state index in [0.717, 1.165) is 30.8 Å². The van der Waals surface area contributed by atoms with Crippen molar-refractivity contribution >= 4 is 22.3 Å². The van der Waals surface area contributed by atoms with E-state index in [-0.39, 0.29) is 5.56 Å². The van der Waals surface area contributed by atoms with Gasteiger partial charge in [0, 0.05) is 31.8 Å². The first-order valence-electron chi connectivity index (χ1n) is 8.64. The lowest BCUT2D eigenvalue weighted by Crippen LogP contribution is -2.38. The Balaban J connectivity index is 2.09. The van der Waals surface area contributed by atoms with Crippen LogP contribution in [0.1, 0.15) is 11.8 Å². The lowest BCUT2D eigenvalue weighted by Gasteiger charge is -2.22. The highest BCUT2D eigenvalue weighted by molar-refractivity contribution is 7.78. The molecule has 2 rings (SSSR count). The van der Waals surface area contributed by atoms with Crippen molar-refractivity contribution in [1.82, 2.24) is 9.55 Å². The number of rotatable bonds is 8. The Morgan fingerprint density at radius 1 is 1.17 bits per heavy atom. The molecule has 0 bridgehead atoms. The number of aliphatic hydroxyl groups is 2. The third-order valence-electron chi connectivity index (χ3n) is 4.07. The second-order valence-electron chi connectivity index (χ2n) is 7.38. The summed E-state index contributed by atoms with van der Waals surface area (Å²) < 4.78 is 52.6. The van der Waals surface area contributed by atoms with E-state index in [1.54, 1.807) is 0 Å². The molecule has 1 aromatic heterocycles. The van der Waals surface area contributed by atoms with Crippen LogP contribution in [0.2, 0.25) is 0 Å². The predicted octanol–water partition coefficient (Wildman–Crippen LogP) is 0.0859. The molecule has 30 heavy (non-hydrogen) atoms. The molecule has 0 amide bonds. The highest BCUT2D eigenvalue weighted by Crippen LogP contribution is 2.65. The zero-order chi connectivity index (χ0) is 23.1. The summed E-state index contributed by atoms with van der Waals surface area (Å²) in [6, 6.07) is 0. The maximum atomic E-state index is 12.5. The Hall–Kier alpha value is -0.870. The molecule has 4 N–H and O–H groups in total. The van der Waals surface area contributed by atoms with Gasteiger partial charge in [0.15, 0.2) is 6.23 Å². The summed E-state index contributed by atoms with van der Waals surface area (Å²) >= 11 is 0. The zero-order valence-electron chi connectivity index (χ0n) is 16.7. The first kappa shape index (κ1) is 25.4. The minimum atomic E-state index is -4.00. The van der Waals surface area contributed by atoms with E-state index >= 15 is 0 Å². The summed E-state index contributed by atoms with van der Waals surface area (Å²) in [5.74, 6) is -0.695. The van der Waals surface area contributed by atoms with Crippen molar-refractivity contribution in [3.05, 3.63) is 32.6 Å². The molecule has 5 unspecified atom stereocenters. The van der Waals surface area contributed by atoms with Crippen molar-refractivity contribution in [3.8, 4) is 0 Å². The van der Waals surface area contributed by atoms with Crippen LogP contribution in [0.25, 0.3) is 0 Å². The van der Waals surface area contributed by atoms with E-state index in [0.29, 0.717) is 0 Å². The van der Waals surface area contributed by atoms with E-state index in [4.69, 9.17) is 13.6 Å². The molecule has 2 heterocycles. The van der Waals surface area contributed by atoms with Crippen LogP contribution in [0.4, 0.5) is 0 Å². The SMILES string of the molecule is Cc1cn([C@@H]2O[C@H](COP(C)(=O)OP(C)(=O)CP(C)(=O)O)C(O)C2O)c(=O)[nH]c1=O. The van der Waals surface area contributed by atoms with Crippen molar-refractivity contribution < 1.29 is 42.4 Å². The first-order valence-corrected chi connectivity index (χ1v) is 15.2. The number of hydrogen-bond donors (Lipinski definition) is 4. The molecule has 0 aliphatic carbocycles. The third kappa shape index (κ3) is 6.56. The maximum absolute atomic E-state index is 12.5. The molecule has 1 aliphatic rings. The van der Waals surface area contributed by atoms with Gasteiger partial charge in [-0.3, -0.25) is 32.4 Å². The fraction of sp³-hybridized carbons (Fsp3) is 0.714. The second-order valence-corrected chi connectivity index (χ2v) is 15.1. The summed E-state index contributed by atoms with van der Waals surface area (Å²) in [5.41, 5.74) is -1.31. The largest absolute Gasteiger partial charge is 0.387 e. The highest BCUT2D eigenvalue weighted by Gasteiger charge is 2.45. The molecule has 7 atom stereocenters. The van der Waals surface area contributed by atoms with Gasteiger partial charge in [0.2, 0.25) is 14.7 Å². The monoisotopic (exact) mass is 490 g/mol. The van der Waals surface area contributed by atoms with Gasteiger partial charge in [-0.25, -0.2) is 4.79 Å². The van der Waals surface area contributed by atoms with Gasteiger partial charge in [-0.05, 0) is 6.92 Å². The van der Waals surface area contributed by atoms with E-state index in [1.165, 1.54) is 6.92 Å². The molecule has 1 aromatic rings. The number of H-pyrrole nitrogens is 1. The second kappa shape index (κ2) is 8.94. The van der Waals surface area contributed by atoms with Crippen LogP contribution in [-0.4, -0.2) is 75.5 Å². The molecule has 0 aromatic carbocycles. The van der Waals surface area contributed by atoms with Crippen LogP contribution in [-0.2, 0) is 27.3 Å². The van der Waals surface area contributed by atoms with Crippen molar-refractivity contribution in [1.29, 1.82) is 0 Å². The smallest absolute Gasteiger partial charge is 0.333 e. The molecule has 1 fully saturated rings. The number of aromatic amines is 1. The first-order chi connectivity index (χ1) is 13.5. The Labute approximate surface area is 171 Å². The lowest BCUT2D eigenvalue weighted by molar-refractivity contribution is -0.0522. The Morgan fingerprint density at radius 2 is 1.77 bits per heavy atom. The maximum Gasteiger partial charge on any atom is 0.333 e. The molecule has 16 heteroatoms. The predicted molar refractivity (Wildman–Crippen MR) is 107 cm³/mol. The van der Waals surface area contributed by atoms with Crippen LogP contribution in [0.5, 0.6) is 0 Å². The summed E-state index contributed by atoms with van der Waals surface area (Å²) in [7, 11) is -11.4. The van der Waals surface area contributed by atoms with Crippen LogP contribution in [0.15, 0.2) is 15.8 Å². The normalized spacial score (nSPS) is 30.4. The number of aryl methyl sites for hydroxylation is 1. The summed E-state index contributed by atoms with van der Waals surface area (Å²) in [6.07, 6.45) is -4.56. The van der Waals surface area contributed by atoms with Gasteiger partial charge in [-0.2, -0.15) is 0 Å². The fourth-order valence-corrected chi connectivity index (χ4v) is 10.5. The van der Waals surface area contributed by atoms with E-state index in [1.807, 2.05) is 4.98 Å². The molecule has 13 nitrogen and oxygen atoms in total. The average Bonchev–Trinajstić information content (AvgIpc) is 2.81. The number of nitrogens with zero attached hydrogens (tertiary/aromatic N) is 1. The molecule has 0 spiro atoms. The van der Waals surface area contributed by atoms with Gasteiger partial charge in [-0.1, -0.05) is 0 Å². The lowest BCUT2D eigenvalue weighted by atomic mass is 10.1. The van der Waals surface area contributed by atoms with Crippen LogP contribution >= 0.6 is 22.3 Å². The average molecular weight is 490 g/mol. The van der Waals surface area contributed by atoms with Crippen molar-refractivity contribution in [3.63, 3.8) is 0 Å². The van der Waals surface area contributed by atoms with Crippen LogP contribution < -0.4 is 11.2 Å². The van der Waals surface area contributed by atoms with Crippen molar-refractivity contribution in [2.45, 2.75) is 31.5 Å². The van der Waals surface area contributed by atoms with E-state index in [2.05, 4.69) is 0 Å². The minimum absolute atomic E-state index is 0.168. The highest BCUT2D eigenvalue weighted by atomic mass is 31.3. The standard InChI is InChI=1S/C14H25N2O11P3/c1-8-5-16(14(20)15-12(8)19)13-11(18)10(17)9(26-13)6-25-30(4,24)27-29(3,23)7-28(2,21)22/h5,9-11,13,17-18H,6-7H2,1-4H3,(H,21,22)(H,15,19,20)/t9-,10?,11?,13-,29?,30?/m1/s1. The number of aliphatic hydroxyl groups excluding tert-OH is 2. The summed E-state index contributed by atoms with van der Waals surface area (Å²) in [4.78, 5) is 34.9. The van der Waals surface area contributed by atoms with Gasteiger partial charge in [0.05, 0.1) is 6.61 Å². The fourth-order valence-electron chi connectivity index (χ4n) is 2.92. The Bertz CT molecular complexity index is 1040. The van der Waals surface area contributed by atoms with Crippen LogP contribution in [0, 0.1) is 6.92 Å². The van der Waals surface area contributed by atoms with Gasteiger partial charge >= 0.3 is 13.3 Å². The van der Waals surface area contributed by atoms with Gasteiger partial charge in [0.1, 0.15) is 24.2 Å². The van der Waals surface area contributed by atoms with Gasteiger partial charge < -0.3 is 24.4 Å². The number of aromatic nitrogens is 2. The zero-order valence-corrected chi connectivity index (χ0v) is 19.4. The number of ether oxygens (including phenoxy) is 1. The molecular formula is C14H25N2O11P3. The van der Waals surface area contributed by atoms with E-state index in [9.17, 15) is 38.4 Å². The molecule has 1 saturated heterocycles. The number of hydrogen-bond acceptors (Lipinski definition) is 10. The Morgan fingerprint density at radius 3 is 2.33 bits per heavy atom. The topological polar surface area (TPSA) is 194 Å². The van der Waals surface area contributed by atoms with Crippen LogP contribution in [0.3, 0.4) is 0 Å². The molecule has 0 radical (unpaired) electrons. The summed E-state index contributed by atoms with van der Waals surface area (Å²) in [6.45, 7) is 3.89.